The lowest BCUT2D eigenvalue weighted by Gasteiger charge is -2.41. The van der Waals surface area contributed by atoms with Gasteiger partial charge in [-0.25, -0.2) is 0 Å². The topological polar surface area (TPSA) is 87.1 Å². The van der Waals surface area contributed by atoms with Crippen molar-refractivity contribution in [1.29, 1.82) is 0 Å². The number of alkyl halides is 1. The first-order valence-corrected chi connectivity index (χ1v) is 14.5. The maximum atomic E-state index is 14.3. The van der Waals surface area contributed by atoms with Crippen LogP contribution in [0.5, 0.6) is 0 Å². The second-order valence-corrected chi connectivity index (χ2v) is 12.6. The quantitative estimate of drug-likeness (QED) is 0.207. The number of likely N-dealkylation sites (tertiary alicyclic amines) is 1. The molecule has 2 bridgehead atoms. The highest BCUT2D eigenvalue weighted by molar-refractivity contribution is 9.09. The zero-order valence-electron chi connectivity index (χ0n) is 21.0. The number of aliphatic hydroxyl groups excluding tert-OH is 1. The molecule has 3 heterocycles. The molecule has 2 amide bonds. The molecule has 0 aliphatic carbocycles. The molecule has 35 heavy (non-hydrogen) atoms. The Bertz CT molecular complexity index is 841. The zero-order valence-corrected chi connectivity index (χ0v) is 23.4. The lowest BCUT2D eigenvalue weighted by molar-refractivity contribution is -0.153. The van der Waals surface area contributed by atoms with Crippen LogP contribution in [0.2, 0.25) is 0 Å². The predicted molar refractivity (Wildman–Crippen MR) is 142 cm³/mol. The molecule has 0 aromatic heterocycles. The summed E-state index contributed by atoms with van der Waals surface area (Å²) in [6, 6.07) is -1.26. The lowest BCUT2D eigenvalue weighted by atomic mass is 9.71. The molecule has 1 N–H and O–H groups in total. The van der Waals surface area contributed by atoms with E-state index in [1.165, 1.54) is 6.08 Å². The van der Waals surface area contributed by atoms with Crippen molar-refractivity contribution in [3.63, 3.8) is 0 Å². The Balaban J connectivity index is 2.11. The molecule has 3 unspecified atom stereocenters. The predicted octanol–water partition coefficient (Wildman–Crippen LogP) is 3.40. The number of halogens is 1. The summed E-state index contributed by atoms with van der Waals surface area (Å²) in [6.07, 6.45) is 6.36. The average Bonchev–Trinajstić information content (AvgIpc) is 3.44. The normalized spacial score (nSPS) is 32.8. The summed E-state index contributed by atoms with van der Waals surface area (Å²) in [7, 11) is 0. The highest BCUT2D eigenvalue weighted by Gasteiger charge is 2.76. The van der Waals surface area contributed by atoms with Crippen LogP contribution in [0.25, 0.3) is 0 Å². The molecule has 7 nitrogen and oxygen atoms in total. The molecular formula is C26H39BrN2O5S. The smallest absolute Gasteiger partial charge is 0.311 e. The second kappa shape index (κ2) is 11.8. The Hall–Kier alpha value is -1.32. The van der Waals surface area contributed by atoms with Crippen molar-refractivity contribution in [3.8, 4) is 0 Å². The van der Waals surface area contributed by atoms with Crippen molar-refractivity contribution in [2.75, 3.05) is 26.3 Å². The third kappa shape index (κ3) is 4.85. The number of hydrogen-bond donors (Lipinski definition) is 1. The van der Waals surface area contributed by atoms with Gasteiger partial charge in [0.05, 0.1) is 29.2 Å². The molecular weight excluding hydrogens is 532 g/mol. The minimum atomic E-state index is -0.754. The molecule has 8 atom stereocenters. The Morgan fingerprint density at radius 1 is 1.37 bits per heavy atom. The summed E-state index contributed by atoms with van der Waals surface area (Å²) in [5.74, 6) is -2.07. The van der Waals surface area contributed by atoms with Crippen molar-refractivity contribution in [2.45, 2.75) is 73.4 Å². The van der Waals surface area contributed by atoms with E-state index < -0.39 is 34.6 Å². The molecule has 3 aliphatic rings. The minimum Gasteiger partial charge on any atom is -0.461 e. The van der Waals surface area contributed by atoms with Crippen molar-refractivity contribution < 1.29 is 24.2 Å². The van der Waals surface area contributed by atoms with Gasteiger partial charge in [-0.2, -0.15) is 0 Å². The molecule has 0 saturated carbocycles. The van der Waals surface area contributed by atoms with Crippen LogP contribution in [0.1, 0.15) is 46.5 Å². The molecule has 196 valence electrons. The highest BCUT2D eigenvalue weighted by Crippen LogP contribution is 2.68. The summed E-state index contributed by atoms with van der Waals surface area (Å²) in [5, 5.41) is 10.3. The van der Waals surface area contributed by atoms with E-state index in [0.717, 1.165) is 19.3 Å². The monoisotopic (exact) mass is 570 g/mol. The van der Waals surface area contributed by atoms with E-state index in [9.17, 15) is 19.5 Å². The van der Waals surface area contributed by atoms with E-state index in [2.05, 4.69) is 36.0 Å². The zero-order chi connectivity index (χ0) is 25.9. The summed E-state index contributed by atoms with van der Waals surface area (Å²) < 4.78 is 4.68. The molecule has 9 heteroatoms. The number of carbonyl (C=O) groups is 3. The van der Waals surface area contributed by atoms with Gasteiger partial charge in [0.15, 0.2) is 0 Å². The van der Waals surface area contributed by atoms with E-state index in [4.69, 9.17) is 4.74 Å². The number of carbonyl (C=O) groups excluding carboxylic acids is 3. The second-order valence-electron chi connectivity index (χ2n) is 9.89. The number of fused-ring (bicyclic) bond motifs is 1. The van der Waals surface area contributed by atoms with Crippen molar-refractivity contribution >= 4 is 45.5 Å². The number of hydrogen-bond acceptors (Lipinski definition) is 6. The standard InChI is InChI=1S/C26H39BrN2O5S/c1-6-10-12-28(11-7-2)24(32)22-26-14-17(27)21(35-26)19(25(33)34-13-8-3)20(26)23(31)29(22)18(15-30)16(5)9-4/h7-8,16-22,30H,2-3,6,9-15H2,1,4-5H3/t16-,17?,18-,19-,20-,21-,22?,26?/m0/s1. The van der Waals surface area contributed by atoms with E-state index in [1.807, 2.05) is 13.8 Å². The first-order valence-electron chi connectivity index (χ1n) is 12.7. The summed E-state index contributed by atoms with van der Waals surface area (Å²) in [4.78, 5) is 45.0. The lowest BCUT2D eigenvalue weighted by Crippen LogP contribution is -2.59. The number of ether oxygens (including phenoxy) is 1. The molecule has 0 radical (unpaired) electrons. The van der Waals surface area contributed by atoms with Crippen LogP contribution in [-0.2, 0) is 19.1 Å². The van der Waals surface area contributed by atoms with E-state index >= 15 is 0 Å². The van der Waals surface area contributed by atoms with Crippen LogP contribution >= 0.6 is 27.7 Å². The summed E-state index contributed by atoms with van der Waals surface area (Å²) in [5.41, 5.74) is 0. The number of unbranched alkanes of at least 4 members (excludes halogenated alkanes) is 1. The Kier molecular flexibility index (Phi) is 9.54. The first-order chi connectivity index (χ1) is 16.7. The van der Waals surface area contributed by atoms with Gasteiger partial charge in [0.1, 0.15) is 12.6 Å². The van der Waals surface area contributed by atoms with Gasteiger partial charge >= 0.3 is 5.97 Å². The van der Waals surface area contributed by atoms with Gasteiger partial charge in [-0.15, -0.1) is 18.3 Å². The molecule has 3 aliphatic heterocycles. The number of aliphatic hydroxyl groups is 1. The van der Waals surface area contributed by atoms with E-state index in [1.54, 1.807) is 27.6 Å². The van der Waals surface area contributed by atoms with Gasteiger partial charge in [-0.3, -0.25) is 14.4 Å². The maximum absolute atomic E-state index is 14.3. The van der Waals surface area contributed by atoms with Gasteiger partial charge in [-0.05, 0) is 18.8 Å². The molecule has 3 rings (SSSR count). The van der Waals surface area contributed by atoms with Crippen LogP contribution in [0.15, 0.2) is 25.3 Å². The Labute approximate surface area is 221 Å². The fraction of sp³-hybridized carbons (Fsp3) is 0.731. The number of rotatable bonds is 13. The molecule has 3 fully saturated rings. The van der Waals surface area contributed by atoms with Gasteiger partial charge in [0, 0.05) is 23.2 Å². The van der Waals surface area contributed by atoms with Crippen LogP contribution in [0.4, 0.5) is 0 Å². The average molecular weight is 572 g/mol. The number of amides is 2. The first kappa shape index (κ1) is 28.3. The number of nitrogens with zero attached hydrogens (tertiary/aromatic N) is 2. The SMILES string of the molecule is C=CCOC(=O)[C@H]1[C@H]2C(=O)N([C@@H](CO)[C@@H](C)CC)C(C(=O)N(CC=C)CCCC)C23CC(Br)[C@@H]1S3. The largest absolute Gasteiger partial charge is 0.461 e. The third-order valence-electron chi connectivity index (χ3n) is 7.86. The highest BCUT2D eigenvalue weighted by atomic mass is 79.9. The summed E-state index contributed by atoms with van der Waals surface area (Å²) >= 11 is 5.34. The van der Waals surface area contributed by atoms with Gasteiger partial charge in [-0.1, -0.05) is 68.3 Å². The van der Waals surface area contributed by atoms with Crippen molar-refractivity contribution in [2.24, 2.45) is 17.8 Å². The molecule has 1 spiro atoms. The van der Waals surface area contributed by atoms with Crippen molar-refractivity contribution in [3.05, 3.63) is 25.3 Å². The maximum Gasteiger partial charge on any atom is 0.311 e. The van der Waals surface area contributed by atoms with Gasteiger partial charge in [0.25, 0.3) is 0 Å². The van der Waals surface area contributed by atoms with Crippen LogP contribution in [0, 0.1) is 17.8 Å². The van der Waals surface area contributed by atoms with Gasteiger partial charge in [0.2, 0.25) is 11.8 Å². The van der Waals surface area contributed by atoms with Gasteiger partial charge < -0.3 is 19.6 Å². The van der Waals surface area contributed by atoms with Crippen LogP contribution in [0.3, 0.4) is 0 Å². The molecule has 3 saturated heterocycles. The van der Waals surface area contributed by atoms with Crippen LogP contribution < -0.4 is 0 Å². The van der Waals surface area contributed by atoms with E-state index in [-0.39, 0.29) is 41.0 Å². The number of thioether (sulfide) groups is 1. The fourth-order valence-corrected chi connectivity index (χ4v) is 9.58. The minimum absolute atomic E-state index is 0.00823. The van der Waals surface area contributed by atoms with Crippen molar-refractivity contribution in [1.82, 2.24) is 9.80 Å². The Morgan fingerprint density at radius 3 is 2.66 bits per heavy atom. The summed E-state index contributed by atoms with van der Waals surface area (Å²) in [6.45, 7) is 14.3. The van der Waals surface area contributed by atoms with E-state index in [0.29, 0.717) is 19.5 Å². The molecule has 0 aromatic rings. The number of esters is 1. The third-order valence-corrected chi connectivity index (χ3v) is 11.1. The van der Waals surface area contributed by atoms with Crippen LogP contribution in [-0.4, -0.2) is 85.9 Å². The fourth-order valence-electron chi connectivity index (χ4n) is 5.99. The Morgan fingerprint density at radius 2 is 2.09 bits per heavy atom. The molecule has 0 aromatic carbocycles.